The smallest absolute Gasteiger partial charge is 0.289 e. The van der Waals surface area contributed by atoms with Gasteiger partial charge < -0.3 is 0 Å². The number of fused-ring (bicyclic) bond motifs is 1. The van der Waals surface area contributed by atoms with Gasteiger partial charge in [-0.25, -0.2) is 13.3 Å². The van der Waals surface area contributed by atoms with E-state index in [0.29, 0.717) is 4.47 Å². The fourth-order valence-electron chi connectivity index (χ4n) is 3.19. The monoisotopic (exact) mass is 551 g/mol. The highest BCUT2D eigenvalue weighted by Gasteiger charge is 2.35. The molecule has 2 aromatic heterocycles. The summed E-state index contributed by atoms with van der Waals surface area (Å²) in [5.74, 6) is -2.03. The molecular formula is C19H8BrF6N3OS2. The SMILES string of the molecule is O=C(c1cc(-c2nc3c(F)cc(Br)cc3n2SF)n(SF)c1)c1ccccc1C(F)(F)F. The van der Waals surface area contributed by atoms with E-state index in [2.05, 4.69) is 20.9 Å². The maximum atomic E-state index is 14.3. The molecule has 0 bridgehead atoms. The van der Waals surface area contributed by atoms with Crippen molar-refractivity contribution in [3.05, 3.63) is 75.6 Å². The van der Waals surface area contributed by atoms with Gasteiger partial charge in [0, 0.05) is 21.8 Å². The zero-order valence-corrected chi connectivity index (χ0v) is 18.5. The second-order valence-corrected chi connectivity index (χ2v) is 8.39. The molecule has 0 saturated carbocycles. The Morgan fingerprint density at radius 3 is 2.44 bits per heavy atom. The summed E-state index contributed by atoms with van der Waals surface area (Å²) in [5, 5.41) is 0. The van der Waals surface area contributed by atoms with E-state index in [1.165, 1.54) is 12.1 Å². The van der Waals surface area contributed by atoms with Gasteiger partial charge >= 0.3 is 6.18 Å². The van der Waals surface area contributed by atoms with Gasteiger partial charge in [0.1, 0.15) is 5.52 Å². The van der Waals surface area contributed by atoms with Gasteiger partial charge in [-0.1, -0.05) is 34.1 Å². The van der Waals surface area contributed by atoms with E-state index >= 15 is 0 Å². The molecule has 166 valence electrons. The molecule has 4 aromatic rings. The third-order valence-electron chi connectivity index (χ3n) is 4.53. The van der Waals surface area contributed by atoms with Crippen LogP contribution in [0, 0.1) is 5.82 Å². The normalized spacial score (nSPS) is 12.0. The van der Waals surface area contributed by atoms with E-state index in [1.54, 1.807) is 0 Å². The molecule has 0 amide bonds. The molecule has 0 aliphatic rings. The van der Waals surface area contributed by atoms with Gasteiger partial charge in [0.2, 0.25) is 0 Å². The molecule has 0 fully saturated rings. The zero-order chi connectivity index (χ0) is 23.2. The van der Waals surface area contributed by atoms with Crippen molar-refractivity contribution >= 4 is 57.4 Å². The number of carbonyl (C=O) groups excluding carboxylic acids is 1. The van der Waals surface area contributed by atoms with E-state index in [-0.39, 0.29) is 52.8 Å². The Labute approximate surface area is 193 Å². The van der Waals surface area contributed by atoms with Crippen molar-refractivity contribution in [1.82, 2.24) is 12.9 Å². The van der Waals surface area contributed by atoms with E-state index < -0.39 is 28.9 Å². The van der Waals surface area contributed by atoms with Crippen molar-refractivity contribution < 1.29 is 30.1 Å². The standard InChI is InChI=1S/C19H8BrF6N3OS2/c20-10-6-13(21)16-14(7-10)29(32-26)18(27-16)15-5-9(8-28(15)31-25)17(30)11-3-1-2-4-12(11)19(22,23)24/h1-8H. The largest absolute Gasteiger partial charge is 0.417 e. The van der Waals surface area contributed by atoms with Gasteiger partial charge in [0.15, 0.2) is 42.1 Å². The summed E-state index contributed by atoms with van der Waals surface area (Å²) in [4.78, 5) is 16.9. The number of hydrogen-bond donors (Lipinski definition) is 0. The minimum absolute atomic E-state index is 0.0336. The van der Waals surface area contributed by atoms with Crippen LogP contribution in [0.5, 0.6) is 0 Å². The van der Waals surface area contributed by atoms with Gasteiger partial charge in [0.25, 0.3) is 0 Å². The Morgan fingerprint density at radius 2 is 1.78 bits per heavy atom. The number of hydrogen-bond acceptors (Lipinski definition) is 4. The van der Waals surface area contributed by atoms with E-state index in [4.69, 9.17) is 0 Å². The second-order valence-electron chi connectivity index (χ2n) is 6.44. The van der Waals surface area contributed by atoms with Crippen LogP contribution in [0.3, 0.4) is 0 Å². The molecule has 4 rings (SSSR count). The van der Waals surface area contributed by atoms with Crippen molar-refractivity contribution in [3.8, 4) is 11.5 Å². The molecule has 4 nitrogen and oxygen atoms in total. The average molecular weight is 552 g/mol. The fraction of sp³-hybridized carbons (Fsp3) is 0.0526. The minimum Gasteiger partial charge on any atom is -0.289 e. The van der Waals surface area contributed by atoms with Crippen LogP contribution >= 0.6 is 40.6 Å². The molecule has 0 aliphatic heterocycles. The average Bonchev–Trinajstić information content (AvgIpc) is 3.33. The lowest BCUT2D eigenvalue weighted by molar-refractivity contribution is -0.137. The molecule has 0 N–H and O–H groups in total. The van der Waals surface area contributed by atoms with Gasteiger partial charge in [0.05, 0.1) is 16.8 Å². The summed E-state index contributed by atoms with van der Waals surface area (Å²) < 4.78 is 83.6. The van der Waals surface area contributed by atoms with Crippen molar-refractivity contribution in [2.24, 2.45) is 0 Å². The molecule has 0 aliphatic carbocycles. The van der Waals surface area contributed by atoms with Crippen LogP contribution in [0.1, 0.15) is 21.5 Å². The highest BCUT2D eigenvalue weighted by molar-refractivity contribution is 9.10. The molecule has 0 radical (unpaired) electrons. The molecule has 2 heterocycles. The zero-order valence-electron chi connectivity index (χ0n) is 15.3. The minimum atomic E-state index is -4.78. The summed E-state index contributed by atoms with van der Waals surface area (Å²) in [6, 6.07) is 7.74. The summed E-state index contributed by atoms with van der Waals surface area (Å²) in [6.45, 7) is 0. The first-order valence-corrected chi connectivity index (χ1v) is 10.7. The van der Waals surface area contributed by atoms with Crippen LogP contribution in [0.4, 0.5) is 25.3 Å². The Kier molecular flexibility index (Phi) is 6.07. The lowest BCUT2D eigenvalue weighted by atomic mass is 9.99. The lowest BCUT2D eigenvalue weighted by Crippen LogP contribution is -2.13. The van der Waals surface area contributed by atoms with E-state index in [1.807, 2.05) is 0 Å². The second kappa shape index (κ2) is 8.52. The fourth-order valence-corrected chi connectivity index (χ4v) is 4.38. The van der Waals surface area contributed by atoms with Crippen LogP contribution < -0.4 is 0 Å². The van der Waals surface area contributed by atoms with Gasteiger partial charge in [-0.05, 0) is 24.3 Å². The van der Waals surface area contributed by atoms with Crippen molar-refractivity contribution in [2.45, 2.75) is 6.18 Å². The molecule has 0 unspecified atom stereocenters. The lowest BCUT2D eigenvalue weighted by Gasteiger charge is -2.10. The van der Waals surface area contributed by atoms with E-state index in [9.17, 15) is 30.1 Å². The Balaban J connectivity index is 1.88. The molecule has 13 heteroatoms. The maximum Gasteiger partial charge on any atom is 0.417 e. The van der Waals surface area contributed by atoms with Gasteiger partial charge in [-0.3, -0.25) is 8.77 Å². The molecule has 0 atom stereocenters. The summed E-state index contributed by atoms with van der Waals surface area (Å²) >= 11 is 2.39. The number of aromatic nitrogens is 3. The number of rotatable bonds is 5. The molecular weight excluding hydrogens is 544 g/mol. The Bertz CT molecular complexity index is 1350. The number of nitrogens with zero attached hydrogens (tertiary/aromatic N) is 3. The topological polar surface area (TPSA) is 39.8 Å². The van der Waals surface area contributed by atoms with Gasteiger partial charge in [-0.15, -0.1) is 7.77 Å². The maximum absolute atomic E-state index is 14.3. The first-order valence-electron chi connectivity index (χ1n) is 8.55. The van der Waals surface area contributed by atoms with Crippen molar-refractivity contribution in [1.29, 1.82) is 0 Å². The van der Waals surface area contributed by atoms with Crippen molar-refractivity contribution in [2.75, 3.05) is 0 Å². The third kappa shape index (κ3) is 3.92. The van der Waals surface area contributed by atoms with Crippen LogP contribution in [-0.2, 0) is 6.18 Å². The van der Waals surface area contributed by atoms with Crippen LogP contribution in [-0.4, -0.2) is 18.7 Å². The first kappa shape index (κ1) is 22.8. The summed E-state index contributed by atoms with van der Waals surface area (Å²) in [5.41, 5.74) is -2.39. The number of carbonyl (C=O) groups is 1. The molecule has 32 heavy (non-hydrogen) atoms. The van der Waals surface area contributed by atoms with Gasteiger partial charge in [-0.2, -0.15) is 13.2 Å². The summed E-state index contributed by atoms with van der Waals surface area (Å²) in [6.07, 6.45) is -3.81. The third-order valence-corrected chi connectivity index (χ3v) is 5.95. The highest BCUT2D eigenvalue weighted by atomic mass is 79.9. The Hall–Kier alpha value is -2.38. The first-order chi connectivity index (χ1) is 15.2. The quantitative estimate of drug-likeness (QED) is 0.191. The summed E-state index contributed by atoms with van der Waals surface area (Å²) in [7, 11) is 0. The van der Waals surface area contributed by atoms with E-state index in [0.717, 1.165) is 44.5 Å². The number of halogens is 7. The number of alkyl halides is 3. The van der Waals surface area contributed by atoms with Crippen LogP contribution in [0.2, 0.25) is 0 Å². The molecule has 0 saturated heterocycles. The predicted octanol–water partition coefficient (Wildman–Crippen LogP) is 7.42. The van der Waals surface area contributed by atoms with Crippen molar-refractivity contribution in [3.63, 3.8) is 0 Å². The van der Waals surface area contributed by atoms with Crippen LogP contribution in [0.15, 0.2) is 53.1 Å². The number of benzene rings is 2. The number of imidazole rings is 1. The molecule has 0 spiro atoms. The highest BCUT2D eigenvalue weighted by Crippen LogP contribution is 2.37. The molecule has 2 aromatic carbocycles. The predicted molar refractivity (Wildman–Crippen MR) is 114 cm³/mol. The Morgan fingerprint density at radius 1 is 1.06 bits per heavy atom. The number of ketones is 1. The van der Waals surface area contributed by atoms with Crippen LogP contribution in [0.25, 0.3) is 22.6 Å².